The lowest BCUT2D eigenvalue weighted by molar-refractivity contribution is 0.661. The van der Waals surface area contributed by atoms with Crippen LogP contribution in [0.1, 0.15) is 25.0 Å². The Morgan fingerprint density at radius 2 is 1.00 bits per heavy atom. The first-order valence-electron chi connectivity index (χ1n) is 16.1. The maximum Gasteiger partial charge on any atom is 0.0434 e. The molecule has 0 fully saturated rings. The molecule has 216 valence electrons. The molecule has 46 heavy (non-hydrogen) atoms. The van der Waals surface area contributed by atoms with Gasteiger partial charge in [-0.3, -0.25) is 0 Å². The molecule has 10 rings (SSSR count). The fourth-order valence-corrected chi connectivity index (χ4v) is 9.58. The molecule has 0 saturated carbocycles. The Labute approximate surface area is 272 Å². The van der Waals surface area contributed by atoms with Gasteiger partial charge in [-0.1, -0.05) is 147 Å². The molecular formula is C45H30S. The van der Waals surface area contributed by atoms with Crippen molar-refractivity contribution >= 4 is 63.8 Å². The van der Waals surface area contributed by atoms with Crippen LogP contribution in [0, 0.1) is 0 Å². The summed E-state index contributed by atoms with van der Waals surface area (Å²) in [5, 5.41) is 10.5. The van der Waals surface area contributed by atoms with Crippen LogP contribution in [0.4, 0.5) is 0 Å². The van der Waals surface area contributed by atoms with E-state index < -0.39 is 0 Å². The molecule has 1 aliphatic rings. The lowest BCUT2D eigenvalue weighted by Crippen LogP contribution is -2.14. The van der Waals surface area contributed by atoms with Crippen LogP contribution in [0.15, 0.2) is 146 Å². The predicted molar refractivity (Wildman–Crippen MR) is 200 cm³/mol. The molecule has 0 unspecified atom stereocenters. The molecule has 1 aromatic heterocycles. The molecule has 0 radical (unpaired) electrons. The average molecular weight is 603 g/mol. The third-order valence-corrected chi connectivity index (χ3v) is 11.7. The van der Waals surface area contributed by atoms with Gasteiger partial charge in [0.1, 0.15) is 0 Å². The molecule has 1 heterocycles. The Hall–Kier alpha value is -5.24. The van der Waals surface area contributed by atoms with E-state index in [1.807, 2.05) is 11.3 Å². The van der Waals surface area contributed by atoms with E-state index in [0.717, 1.165) is 0 Å². The Bertz CT molecular complexity index is 2660. The molecule has 0 nitrogen and oxygen atoms in total. The van der Waals surface area contributed by atoms with Gasteiger partial charge in [-0.15, -0.1) is 11.3 Å². The molecule has 1 aliphatic carbocycles. The number of rotatable bonds is 2. The molecule has 0 aliphatic heterocycles. The third-order valence-electron chi connectivity index (χ3n) is 10.5. The van der Waals surface area contributed by atoms with Crippen LogP contribution in [-0.4, -0.2) is 0 Å². The van der Waals surface area contributed by atoms with Crippen LogP contribution in [0.25, 0.3) is 85.9 Å². The van der Waals surface area contributed by atoms with Crippen molar-refractivity contribution in [1.82, 2.24) is 0 Å². The quantitative estimate of drug-likeness (QED) is 0.173. The molecule has 0 N–H and O–H groups in total. The molecule has 0 spiro atoms. The standard InChI is InChI=1S/C45H30S/c1-45(2)38-24-23-28(26-37(38)43-29-13-4-3-12-27(29)22-25-39(43)45)41-31-15-5-7-17-33(31)42(34-18-8-6-16-32(34)41)36-20-11-19-35-30-14-9-10-21-40(30)46-44(35)36/h3-26H,1-2H3. The van der Waals surface area contributed by atoms with Gasteiger partial charge in [-0.25, -0.2) is 0 Å². The van der Waals surface area contributed by atoms with E-state index in [1.54, 1.807) is 0 Å². The normalized spacial score (nSPS) is 13.6. The van der Waals surface area contributed by atoms with Crippen LogP contribution < -0.4 is 0 Å². The Morgan fingerprint density at radius 1 is 0.413 bits per heavy atom. The van der Waals surface area contributed by atoms with Gasteiger partial charge in [0.05, 0.1) is 0 Å². The molecule has 0 saturated heterocycles. The lowest BCUT2D eigenvalue weighted by atomic mass is 9.81. The largest absolute Gasteiger partial charge is 0.135 e. The first-order chi connectivity index (χ1) is 22.6. The van der Waals surface area contributed by atoms with E-state index >= 15 is 0 Å². The van der Waals surface area contributed by atoms with Gasteiger partial charge in [0.15, 0.2) is 0 Å². The minimum absolute atomic E-state index is 0.0514. The fourth-order valence-electron chi connectivity index (χ4n) is 8.35. The zero-order chi connectivity index (χ0) is 30.6. The van der Waals surface area contributed by atoms with Crippen molar-refractivity contribution in [1.29, 1.82) is 0 Å². The SMILES string of the molecule is CC1(C)c2ccc(-c3c4ccccc4c(-c4cccc5c4sc4ccccc45)c4ccccc34)cc2-c2c1ccc1ccccc21. The Morgan fingerprint density at radius 3 is 1.74 bits per heavy atom. The second-order valence-corrected chi connectivity index (χ2v) is 14.3. The monoisotopic (exact) mass is 602 g/mol. The lowest BCUT2D eigenvalue weighted by Gasteiger charge is -2.22. The van der Waals surface area contributed by atoms with Gasteiger partial charge in [-0.2, -0.15) is 0 Å². The molecule has 1 heteroatoms. The summed E-state index contributed by atoms with van der Waals surface area (Å²) in [4.78, 5) is 0. The molecule has 0 bridgehead atoms. The van der Waals surface area contributed by atoms with E-state index in [4.69, 9.17) is 0 Å². The number of hydrogen-bond acceptors (Lipinski definition) is 1. The molecule has 8 aromatic carbocycles. The summed E-state index contributed by atoms with van der Waals surface area (Å²) >= 11 is 1.91. The van der Waals surface area contributed by atoms with Crippen molar-refractivity contribution in [3.63, 3.8) is 0 Å². The van der Waals surface area contributed by atoms with Gasteiger partial charge >= 0.3 is 0 Å². The van der Waals surface area contributed by atoms with Crippen LogP contribution in [-0.2, 0) is 5.41 Å². The molecular weight excluding hydrogens is 573 g/mol. The highest BCUT2D eigenvalue weighted by molar-refractivity contribution is 7.26. The van der Waals surface area contributed by atoms with E-state index in [9.17, 15) is 0 Å². The van der Waals surface area contributed by atoms with E-state index in [1.165, 1.54) is 97.0 Å². The van der Waals surface area contributed by atoms with Gasteiger partial charge in [0.2, 0.25) is 0 Å². The maximum absolute atomic E-state index is 2.48. The zero-order valence-corrected chi connectivity index (χ0v) is 26.6. The first kappa shape index (κ1) is 26.0. The Kier molecular flexibility index (Phi) is 5.31. The summed E-state index contributed by atoms with van der Waals surface area (Å²) < 4.78 is 2.69. The third kappa shape index (κ3) is 3.44. The van der Waals surface area contributed by atoms with Crippen molar-refractivity contribution in [2.45, 2.75) is 19.3 Å². The number of hydrogen-bond donors (Lipinski definition) is 0. The molecule has 9 aromatic rings. The summed E-state index contributed by atoms with van der Waals surface area (Å²) in [5.41, 5.74) is 10.7. The summed E-state index contributed by atoms with van der Waals surface area (Å²) in [7, 11) is 0. The topological polar surface area (TPSA) is 0 Å². The number of benzene rings is 8. The smallest absolute Gasteiger partial charge is 0.0434 e. The Balaban J connectivity index is 1.30. The van der Waals surface area contributed by atoms with Gasteiger partial charge in [-0.05, 0) is 83.4 Å². The maximum atomic E-state index is 2.48. The van der Waals surface area contributed by atoms with E-state index in [2.05, 4.69) is 159 Å². The van der Waals surface area contributed by atoms with Gasteiger partial charge in [0, 0.05) is 31.2 Å². The highest BCUT2D eigenvalue weighted by Gasteiger charge is 2.36. The highest BCUT2D eigenvalue weighted by Crippen LogP contribution is 2.53. The first-order valence-corrected chi connectivity index (χ1v) is 16.9. The summed E-state index contributed by atoms with van der Waals surface area (Å²) in [6.07, 6.45) is 0. The summed E-state index contributed by atoms with van der Waals surface area (Å²) in [6.45, 7) is 4.75. The minimum atomic E-state index is -0.0514. The summed E-state index contributed by atoms with van der Waals surface area (Å²) in [6, 6.07) is 54.5. The van der Waals surface area contributed by atoms with Crippen molar-refractivity contribution in [3.05, 3.63) is 157 Å². The van der Waals surface area contributed by atoms with E-state index in [0.29, 0.717) is 0 Å². The minimum Gasteiger partial charge on any atom is -0.135 e. The van der Waals surface area contributed by atoms with E-state index in [-0.39, 0.29) is 5.41 Å². The second kappa shape index (κ2) is 9.39. The fraction of sp³-hybridized carbons (Fsp3) is 0.0667. The molecule has 0 atom stereocenters. The number of thiophene rings is 1. The van der Waals surface area contributed by atoms with Crippen molar-refractivity contribution in [3.8, 4) is 33.4 Å². The van der Waals surface area contributed by atoms with Crippen LogP contribution in [0.2, 0.25) is 0 Å². The highest BCUT2D eigenvalue weighted by atomic mass is 32.1. The van der Waals surface area contributed by atoms with Crippen LogP contribution in [0.5, 0.6) is 0 Å². The van der Waals surface area contributed by atoms with Gasteiger partial charge < -0.3 is 0 Å². The molecule has 0 amide bonds. The second-order valence-electron chi connectivity index (χ2n) is 13.2. The van der Waals surface area contributed by atoms with Crippen LogP contribution in [0.3, 0.4) is 0 Å². The van der Waals surface area contributed by atoms with Crippen molar-refractivity contribution < 1.29 is 0 Å². The van der Waals surface area contributed by atoms with Crippen molar-refractivity contribution in [2.75, 3.05) is 0 Å². The predicted octanol–water partition coefficient (Wildman–Crippen LogP) is 13.2. The number of fused-ring (bicyclic) bond motifs is 10. The summed E-state index contributed by atoms with van der Waals surface area (Å²) in [5.74, 6) is 0. The van der Waals surface area contributed by atoms with Gasteiger partial charge in [0.25, 0.3) is 0 Å². The van der Waals surface area contributed by atoms with Crippen molar-refractivity contribution in [2.24, 2.45) is 0 Å². The average Bonchev–Trinajstić information content (AvgIpc) is 3.59. The zero-order valence-electron chi connectivity index (χ0n) is 25.8. The van der Waals surface area contributed by atoms with Crippen LogP contribution >= 0.6 is 11.3 Å².